The molecule has 216 valence electrons. The van der Waals surface area contributed by atoms with Gasteiger partial charge in [0.25, 0.3) is 0 Å². The van der Waals surface area contributed by atoms with Crippen LogP contribution in [0.3, 0.4) is 0 Å². The van der Waals surface area contributed by atoms with E-state index in [0.29, 0.717) is 0 Å². The van der Waals surface area contributed by atoms with Gasteiger partial charge < -0.3 is 5.73 Å². The van der Waals surface area contributed by atoms with Gasteiger partial charge in [0.2, 0.25) is 0 Å². The Morgan fingerprint density at radius 3 is 0.857 bits per heavy atom. The third-order valence-corrected chi connectivity index (χ3v) is 9.46. The zero-order valence-corrected chi connectivity index (χ0v) is 25.4. The third-order valence-electron chi connectivity index (χ3n) is 7.00. The van der Waals surface area contributed by atoms with E-state index < -0.39 is 7.28 Å². The molecule has 0 rings (SSSR count). The van der Waals surface area contributed by atoms with Gasteiger partial charge in [0, 0.05) is 0 Å². The number of nitrogens with two attached hydrogens (primary N) is 1. The molecule has 0 saturated carbocycles. The number of hydrogen-bond acceptors (Lipinski definition) is 4. The first kappa shape index (κ1) is 37.4. The molecule has 0 aliphatic carbocycles. The minimum atomic E-state index is -4.31. The first-order valence-electron chi connectivity index (χ1n) is 15.8. The van der Waals surface area contributed by atoms with Gasteiger partial charge in [0.1, 0.15) is 0 Å². The van der Waals surface area contributed by atoms with Crippen molar-refractivity contribution < 1.29 is 14.7 Å². The Morgan fingerprint density at radius 1 is 0.371 bits per heavy atom. The summed E-state index contributed by atoms with van der Waals surface area (Å²) >= 11 is 0. The van der Waals surface area contributed by atoms with Crippen LogP contribution in [0.1, 0.15) is 175 Å². The van der Waals surface area contributed by atoms with Gasteiger partial charge in [-0.25, -0.2) is 0 Å². The van der Waals surface area contributed by atoms with E-state index >= 15 is 0 Å². The fraction of sp³-hybridized carbons (Fsp3) is 1.00. The molecular weight excluding hydrogens is 453 g/mol. The Kier molecular flexibility index (Phi) is 29.2. The summed E-state index contributed by atoms with van der Waals surface area (Å²) in [6.45, 7) is 7.52. The van der Waals surface area contributed by atoms with Crippen molar-refractivity contribution in [2.75, 3.05) is 18.9 Å². The van der Waals surface area contributed by atoms with E-state index in [1.165, 1.54) is 116 Å². The van der Waals surface area contributed by atoms with E-state index in [4.69, 9.17) is 5.73 Å². The molecule has 0 radical (unpaired) electrons. The van der Waals surface area contributed by atoms with Crippen molar-refractivity contribution in [1.29, 1.82) is 0 Å². The molecule has 0 aliphatic heterocycles. The van der Waals surface area contributed by atoms with Gasteiger partial charge in [-0.1, -0.05) is 77.6 Å². The van der Waals surface area contributed by atoms with E-state index in [9.17, 15) is 14.7 Å². The van der Waals surface area contributed by atoms with E-state index in [0.717, 1.165) is 45.1 Å². The summed E-state index contributed by atoms with van der Waals surface area (Å²) < 4.78 is 0. The predicted molar refractivity (Wildman–Crippen MR) is 160 cm³/mol. The van der Waals surface area contributed by atoms with E-state index in [2.05, 4.69) is 20.8 Å². The molecule has 5 N–H and O–H groups in total. The molecule has 0 aromatic rings. The van der Waals surface area contributed by atoms with Gasteiger partial charge in [0.05, 0.1) is 0 Å². The van der Waals surface area contributed by atoms with Gasteiger partial charge in [-0.3, -0.25) is 0 Å². The maximum absolute atomic E-state index is 10.0. The second-order valence-corrected chi connectivity index (χ2v) is 14.6. The van der Waals surface area contributed by atoms with Gasteiger partial charge in [0.15, 0.2) is 0 Å². The van der Waals surface area contributed by atoms with Gasteiger partial charge in [-0.2, -0.15) is 0 Å². The van der Waals surface area contributed by atoms with Crippen molar-refractivity contribution in [3.05, 3.63) is 0 Å². The van der Waals surface area contributed by atoms with Crippen molar-refractivity contribution in [2.45, 2.75) is 175 Å². The minimum absolute atomic E-state index is 0.201. The Bertz CT molecular complexity index is 367. The van der Waals surface area contributed by atoms with Crippen molar-refractivity contribution in [3.8, 4) is 0 Å². The molecule has 0 saturated heterocycles. The van der Waals surface area contributed by atoms with Gasteiger partial charge >= 0.3 is 125 Å². The Hall–Kier alpha value is 0.270. The molecule has 0 fully saturated rings. The van der Waals surface area contributed by atoms with Crippen LogP contribution in [0.4, 0.5) is 0 Å². The summed E-state index contributed by atoms with van der Waals surface area (Å²) in [4.78, 5) is 30.1. The Labute approximate surface area is 221 Å². The van der Waals surface area contributed by atoms with Gasteiger partial charge in [-0.15, -0.1) is 0 Å². The molecular formula is C30H68NO3P. The fourth-order valence-electron chi connectivity index (χ4n) is 4.53. The van der Waals surface area contributed by atoms with Crippen LogP contribution in [-0.4, -0.2) is 33.5 Å². The first-order valence-corrected chi connectivity index (χ1v) is 18.2. The average Bonchev–Trinajstić information content (AvgIpc) is 2.82. The topological polar surface area (TPSA) is 86.7 Å². The van der Waals surface area contributed by atoms with Crippen LogP contribution in [-0.2, 0) is 0 Å². The molecule has 0 aromatic carbocycles. The Morgan fingerprint density at radius 2 is 0.600 bits per heavy atom. The monoisotopic (exact) mass is 521 g/mol. The fourth-order valence-corrected chi connectivity index (χ4v) is 6.50. The summed E-state index contributed by atoms with van der Waals surface area (Å²) in [6, 6.07) is 0. The maximum atomic E-state index is 10.0. The molecule has 0 unspecified atom stereocenters. The number of hydrogen-bond donors (Lipinski definition) is 4. The standard InChI is InChI=1S/C16H37O3P.C14H31N/c1-3-5-7-9-11-13-15-20(17,18,19)16-14-12-10-8-6-4-2;1-2-3-4-5-6-7-8-9-10-11-12-13-14-15/h17-19H,3-16H2,1-2H3;2-15H2,1H3. The molecule has 0 aliphatic rings. The van der Waals surface area contributed by atoms with E-state index in [1.54, 1.807) is 0 Å². The third kappa shape index (κ3) is 34.3. The second kappa shape index (κ2) is 27.3. The second-order valence-electron chi connectivity index (χ2n) is 11.0. The molecule has 35 heavy (non-hydrogen) atoms. The quantitative estimate of drug-likeness (QED) is 0.0674. The van der Waals surface area contributed by atoms with Crippen LogP contribution >= 0.6 is 7.28 Å². The summed E-state index contributed by atoms with van der Waals surface area (Å²) in [7, 11) is -4.31. The number of rotatable bonds is 26. The molecule has 0 amide bonds. The molecule has 0 bridgehead atoms. The summed E-state index contributed by atoms with van der Waals surface area (Å²) in [6.07, 6.45) is 30.4. The van der Waals surface area contributed by atoms with Crippen LogP contribution in [0.15, 0.2) is 0 Å². The summed E-state index contributed by atoms with van der Waals surface area (Å²) in [5.74, 6) is 0. The molecule has 0 atom stereocenters. The zero-order chi connectivity index (χ0) is 26.5. The summed E-state index contributed by atoms with van der Waals surface area (Å²) in [5, 5.41) is 0. The normalized spacial score (nSPS) is 12.7. The number of unbranched alkanes of at least 4 members (excludes halogenated alkanes) is 21. The summed E-state index contributed by atoms with van der Waals surface area (Å²) in [5.41, 5.74) is 5.45. The molecule has 5 heteroatoms. The van der Waals surface area contributed by atoms with Crippen molar-refractivity contribution in [1.82, 2.24) is 0 Å². The molecule has 0 spiro atoms. The van der Waals surface area contributed by atoms with Crippen LogP contribution in [0, 0.1) is 0 Å². The van der Waals surface area contributed by atoms with Crippen LogP contribution in [0.25, 0.3) is 0 Å². The average molecular weight is 522 g/mol. The SMILES string of the molecule is CCCCCCCCCCCCCCN.CCCCCCCCP(O)(O)(O)CCCCCCCC. The van der Waals surface area contributed by atoms with E-state index in [1.807, 2.05) is 0 Å². The van der Waals surface area contributed by atoms with Crippen molar-refractivity contribution in [2.24, 2.45) is 5.73 Å². The molecule has 0 aromatic heterocycles. The first-order chi connectivity index (χ1) is 16.8. The predicted octanol–water partition coefficient (Wildman–Crippen LogP) is 9.63. The molecule has 0 heterocycles. The van der Waals surface area contributed by atoms with Crippen LogP contribution in [0.5, 0.6) is 0 Å². The van der Waals surface area contributed by atoms with Crippen molar-refractivity contribution in [3.63, 3.8) is 0 Å². The zero-order valence-electron chi connectivity index (χ0n) is 24.5. The Balaban J connectivity index is 0. The van der Waals surface area contributed by atoms with Gasteiger partial charge in [-0.05, 0) is 13.0 Å². The van der Waals surface area contributed by atoms with Crippen molar-refractivity contribution >= 4 is 7.28 Å². The van der Waals surface area contributed by atoms with Crippen LogP contribution in [0.2, 0.25) is 0 Å². The molecule has 4 nitrogen and oxygen atoms in total. The van der Waals surface area contributed by atoms with Crippen LogP contribution < -0.4 is 5.73 Å². The van der Waals surface area contributed by atoms with E-state index in [-0.39, 0.29) is 12.3 Å².